The first-order valence-corrected chi connectivity index (χ1v) is 7.15. The summed E-state index contributed by atoms with van der Waals surface area (Å²) in [7, 11) is 0. The molecule has 0 atom stereocenters. The molecule has 0 aliphatic heterocycles. The lowest BCUT2D eigenvalue weighted by Crippen LogP contribution is -2.18. The first-order chi connectivity index (χ1) is 10.2. The lowest BCUT2D eigenvalue weighted by Gasteiger charge is -2.00. The molecule has 5 nitrogen and oxygen atoms in total. The molecule has 1 amide bonds. The van der Waals surface area contributed by atoms with Gasteiger partial charge in [-0.1, -0.05) is 18.2 Å². The number of carbonyl (C=O) groups is 1. The summed E-state index contributed by atoms with van der Waals surface area (Å²) in [5.41, 5.74) is 3.79. The number of carbonyl (C=O) groups excluding carboxylic acids is 1. The van der Waals surface area contributed by atoms with Gasteiger partial charge in [-0.25, -0.2) is 5.43 Å². The van der Waals surface area contributed by atoms with E-state index in [9.17, 15) is 4.79 Å². The summed E-state index contributed by atoms with van der Waals surface area (Å²) in [6.07, 6.45) is 4.78. The van der Waals surface area contributed by atoms with E-state index in [1.54, 1.807) is 25.5 Å². The molecule has 2 heterocycles. The standard InChI is InChI=1S/C15H12N4OS/c1-10(12-9-16-6-7-17-12)18-19-15(20)14-8-11-4-2-3-5-13(11)21-14/h2-9H,1H3,(H,19,20)/b18-10+. The number of amides is 1. The number of thiophene rings is 1. The van der Waals surface area contributed by atoms with Gasteiger partial charge in [0.15, 0.2) is 0 Å². The average molecular weight is 296 g/mol. The predicted molar refractivity (Wildman–Crippen MR) is 83.5 cm³/mol. The number of nitrogens with one attached hydrogen (secondary N) is 1. The second kappa shape index (κ2) is 5.80. The van der Waals surface area contributed by atoms with E-state index in [-0.39, 0.29) is 5.91 Å². The summed E-state index contributed by atoms with van der Waals surface area (Å²) in [4.78, 5) is 20.8. The van der Waals surface area contributed by atoms with Crippen molar-refractivity contribution in [1.29, 1.82) is 0 Å². The number of aromatic nitrogens is 2. The fraction of sp³-hybridized carbons (Fsp3) is 0.0667. The van der Waals surface area contributed by atoms with E-state index < -0.39 is 0 Å². The Morgan fingerprint density at radius 3 is 2.90 bits per heavy atom. The van der Waals surface area contributed by atoms with E-state index in [0.717, 1.165) is 10.1 Å². The highest BCUT2D eigenvalue weighted by Crippen LogP contribution is 2.24. The summed E-state index contributed by atoms with van der Waals surface area (Å²) in [6, 6.07) is 9.74. The SMILES string of the molecule is C/C(=N\NC(=O)c1cc2ccccc2s1)c1cnccn1. The Morgan fingerprint density at radius 2 is 2.14 bits per heavy atom. The number of hydrazone groups is 1. The number of hydrogen-bond donors (Lipinski definition) is 1. The van der Waals surface area contributed by atoms with Crippen molar-refractivity contribution >= 4 is 33.0 Å². The monoisotopic (exact) mass is 296 g/mol. The average Bonchev–Trinajstić information content (AvgIpc) is 2.97. The van der Waals surface area contributed by atoms with Crippen molar-refractivity contribution in [3.05, 3.63) is 59.5 Å². The summed E-state index contributed by atoms with van der Waals surface area (Å²) >= 11 is 1.44. The van der Waals surface area contributed by atoms with Gasteiger partial charge in [-0.2, -0.15) is 5.10 Å². The third kappa shape index (κ3) is 2.95. The molecule has 0 unspecified atom stereocenters. The van der Waals surface area contributed by atoms with Gasteiger partial charge in [0.25, 0.3) is 5.91 Å². The molecule has 0 bridgehead atoms. The molecule has 6 heteroatoms. The van der Waals surface area contributed by atoms with E-state index in [0.29, 0.717) is 16.3 Å². The molecule has 0 aliphatic rings. The quantitative estimate of drug-likeness (QED) is 0.597. The van der Waals surface area contributed by atoms with E-state index >= 15 is 0 Å². The zero-order valence-electron chi connectivity index (χ0n) is 11.3. The van der Waals surface area contributed by atoms with Gasteiger partial charge in [-0.3, -0.25) is 14.8 Å². The molecular weight excluding hydrogens is 284 g/mol. The van der Waals surface area contributed by atoms with Crippen LogP contribution >= 0.6 is 11.3 Å². The predicted octanol–water partition coefficient (Wildman–Crippen LogP) is 2.85. The Kier molecular flexibility index (Phi) is 3.70. The van der Waals surface area contributed by atoms with Crippen molar-refractivity contribution < 1.29 is 4.79 Å². The van der Waals surface area contributed by atoms with Crippen LogP contribution in [0.5, 0.6) is 0 Å². The van der Waals surface area contributed by atoms with Crippen LogP contribution in [0.2, 0.25) is 0 Å². The van der Waals surface area contributed by atoms with E-state index in [4.69, 9.17) is 0 Å². The largest absolute Gasteiger partial charge is 0.281 e. The summed E-state index contributed by atoms with van der Waals surface area (Å²) < 4.78 is 1.08. The van der Waals surface area contributed by atoms with Crippen LogP contribution in [0.4, 0.5) is 0 Å². The Labute approximate surface area is 125 Å². The third-order valence-corrected chi connectivity index (χ3v) is 4.02. The number of nitrogens with zero attached hydrogens (tertiary/aromatic N) is 3. The lowest BCUT2D eigenvalue weighted by atomic mass is 10.2. The van der Waals surface area contributed by atoms with Gasteiger partial charge in [0.1, 0.15) is 5.69 Å². The van der Waals surface area contributed by atoms with Gasteiger partial charge in [0, 0.05) is 17.1 Å². The summed E-state index contributed by atoms with van der Waals surface area (Å²) in [5.74, 6) is -0.223. The van der Waals surface area contributed by atoms with Crippen molar-refractivity contribution in [2.24, 2.45) is 5.10 Å². The van der Waals surface area contributed by atoms with Crippen LogP contribution in [0, 0.1) is 0 Å². The van der Waals surface area contributed by atoms with Gasteiger partial charge in [0.05, 0.1) is 16.8 Å². The molecule has 0 saturated carbocycles. The number of benzene rings is 1. The maximum absolute atomic E-state index is 12.1. The number of hydrogen-bond acceptors (Lipinski definition) is 5. The number of rotatable bonds is 3. The fourth-order valence-corrected chi connectivity index (χ4v) is 2.78. The van der Waals surface area contributed by atoms with Crippen molar-refractivity contribution in [3.63, 3.8) is 0 Å². The van der Waals surface area contributed by atoms with Crippen LogP contribution < -0.4 is 5.43 Å². The Morgan fingerprint density at radius 1 is 1.29 bits per heavy atom. The molecule has 104 valence electrons. The zero-order valence-corrected chi connectivity index (χ0v) is 12.1. The molecule has 0 saturated heterocycles. The van der Waals surface area contributed by atoms with E-state index in [2.05, 4.69) is 20.5 Å². The van der Waals surface area contributed by atoms with Crippen molar-refractivity contribution in [1.82, 2.24) is 15.4 Å². The normalized spacial score (nSPS) is 11.6. The Bertz CT molecular complexity index is 778. The van der Waals surface area contributed by atoms with Crippen LogP contribution in [0.3, 0.4) is 0 Å². The highest BCUT2D eigenvalue weighted by atomic mass is 32.1. The van der Waals surface area contributed by atoms with Gasteiger partial charge in [-0.05, 0) is 24.4 Å². The molecule has 2 aromatic heterocycles. The molecule has 0 spiro atoms. The third-order valence-electron chi connectivity index (χ3n) is 2.91. The maximum atomic E-state index is 12.1. The van der Waals surface area contributed by atoms with Crippen molar-refractivity contribution in [3.8, 4) is 0 Å². The highest BCUT2D eigenvalue weighted by Gasteiger charge is 2.09. The maximum Gasteiger partial charge on any atom is 0.281 e. The smallest absolute Gasteiger partial charge is 0.266 e. The fourth-order valence-electron chi connectivity index (χ4n) is 1.83. The first kappa shape index (κ1) is 13.4. The molecule has 1 N–H and O–H groups in total. The minimum Gasteiger partial charge on any atom is -0.266 e. The minimum atomic E-state index is -0.223. The highest BCUT2D eigenvalue weighted by molar-refractivity contribution is 7.20. The zero-order chi connectivity index (χ0) is 14.7. The topological polar surface area (TPSA) is 67.2 Å². The minimum absolute atomic E-state index is 0.223. The second-order valence-electron chi connectivity index (χ2n) is 4.38. The molecule has 0 radical (unpaired) electrons. The molecule has 3 aromatic rings. The molecular formula is C15H12N4OS. The second-order valence-corrected chi connectivity index (χ2v) is 5.46. The summed E-state index contributed by atoms with van der Waals surface area (Å²) in [5, 5.41) is 5.12. The van der Waals surface area contributed by atoms with Gasteiger partial charge < -0.3 is 0 Å². The van der Waals surface area contributed by atoms with Crippen molar-refractivity contribution in [2.75, 3.05) is 0 Å². The first-order valence-electron chi connectivity index (χ1n) is 6.33. The molecule has 0 fully saturated rings. The van der Waals surface area contributed by atoms with Gasteiger partial charge in [0.2, 0.25) is 0 Å². The van der Waals surface area contributed by atoms with Gasteiger partial charge >= 0.3 is 0 Å². The molecule has 1 aromatic carbocycles. The Balaban J connectivity index is 1.77. The molecule has 0 aliphatic carbocycles. The van der Waals surface area contributed by atoms with E-state index in [1.807, 2.05) is 30.3 Å². The van der Waals surface area contributed by atoms with Crippen LogP contribution in [0.25, 0.3) is 10.1 Å². The van der Waals surface area contributed by atoms with Crippen LogP contribution in [-0.2, 0) is 0 Å². The summed E-state index contributed by atoms with van der Waals surface area (Å²) in [6.45, 7) is 1.77. The molecule has 21 heavy (non-hydrogen) atoms. The lowest BCUT2D eigenvalue weighted by molar-refractivity contribution is 0.0959. The van der Waals surface area contributed by atoms with Crippen LogP contribution in [0.1, 0.15) is 22.3 Å². The van der Waals surface area contributed by atoms with Crippen LogP contribution in [0.15, 0.2) is 54.0 Å². The van der Waals surface area contributed by atoms with E-state index in [1.165, 1.54) is 11.3 Å². The van der Waals surface area contributed by atoms with Crippen molar-refractivity contribution in [2.45, 2.75) is 6.92 Å². The van der Waals surface area contributed by atoms with Gasteiger partial charge in [-0.15, -0.1) is 11.3 Å². The Hall–Kier alpha value is -2.60. The number of fused-ring (bicyclic) bond motifs is 1. The van der Waals surface area contributed by atoms with Crippen LogP contribution in [-0.4, -0.2) is 21.6 Å². The molecule has 3 rings (SSSR count).